The molecule has 4 aromatic rings. The van der Waals surface area contributed by atoms with Crippen molar-refractivity contribution in [2.75, 3.05) is 23.7 Å². The van der Waals surface area contributed by atoms with Gasteiger partial charge in [0.05, 0.1) is 17.4 Å². The van der Waals surface area contributed by atoms with E-state index in [1.807, 2.05) is 12.3 Å². The van der Waals surface area contributed by atoms with Crippen molar-refractivity contribution < 1.29 is 8.78 Å². The number of piperidine rings is 1. The zero-order chi connectivity index (χ0) is 25.4. The normalized spacial score (nSPS) is 20.0. The lowest BCUT2D eigenvalue weighted by Gasteiger charge is -2.32. The van der Waals surface area contributed by atoms with Gasteiger partial charge in [-0.25, -0.2) is 23.7 Å². The van der Waals surface area contributed by atoms with E-state index in [0.717, 1.165) is 67.3 Å². The minimum atomic E-state index is -0.562. The van der Waals surface area contributed by atoms with Crippen LogP contribution in [0.3, 0.4) is 0 Å². The minimum Gasteiger partial charge on any atom is -0.366 e. The van der Waals surface area contributed by atoms with Gasteiger partial charge < -0.3 is 16.0 Å². The van der Waals surface area contributed by atoms with Gasteiger partial charge in [0.2, 0.25) is 0 Å². The number of benzene rings is 1. The summed E-state index contributed by atoms with van der Waals surface area (Å²) in [5, 5.41) is 11.1. The molecule has 3 N–H and O–H groups in total. The number of nitrogens with zero attached hydrogens (tertiary/aromatic N) is 4. The Morgan fingerprint density at radius 1 is 1.03 bits per heavy atom. The molecule has 1 aliphatic heterocycles. The van der Waals surface area contributed by atoms with E-state index < -0.39 is 11.6 Å². The molecule has 2 aliphatic rings. The zero-order valence-corrected chi connectivity index (χ0v) is 20.6. The van der Waals surface area contributed by atoms with Crippen molar-refractivity contribution in [1.82, 2.24) is 25.3 Å². The summed E-state index contributed by atoms with van der Waals surface area (Å²) in [6.45, 7) is 4.17. The predicted molar refractivity (Wildman–Crippen MR) is 141 cm³/mol. The maximum atomic E-state index is 14.2. The fraction of sp³-hybridized carbons (Fsp3) is 0.357. The summed E-state index contributed by atoms with van der Waals surface area (Å²) in [7, 11) is 0. The lowest BCUT2D eigenvalue weighted by atomic mass is 9.79. The Kier molecular flexibility index (Phi) is 6.38. The van der Waals surface area contributed by atoms with E-state index in [9.17, 15) is 8.78 Å². The number of anilines is 3. The fourth-order valence-corrected chi connectivity index (χ4v) is 5.14. The van der Waals surface area contributed by atoms with Crippen molar-refractivity contribution in [3.05, 3.63) is 66.1 Å². The summed E-state index contributed by atoms with van der Waals surface area (Å²) in [6, 6.07) is 7.11. The van der Waals surface area contributed by atoms with Gasteiger partial charge in [0.15, 0.2) is 5.82 Å². The summed E-state index contributed by atoms with van der Waals surface area (Å²) in [4.78, 5) is 18.7. The molecule has 1 aromatic carbocycles. The molecular weight excluding hydrogens is 472 g/mol. The SMILES string of the molecule is C[C@@H]1CNCC[C@H]1Nc1nc(-c2ccnc(Nc3cc(F)ccc3F)c2)nc2cncc(C3CCC3)c12. The van der Waals surface area contributed by atoms with E-state index in [1.54, 1.807) is 18.5 Å². The highest BCUT2D eigenvalue weighted by atomic mass is 19.1. The fourth-order valence-electron chi connectivity index (χ4n) is 5.14. The number of hydrogen-bond acceptors (Lipinski definition) is 7. The van der Waals surface area contributed by atoms with E-state index in [4.69, 9.17) is 9.97 Å². The highest BCUT2D eigenvalue weighted by Crippen LogP contribution is 2.41. The molecule has 2 fully saturated rings. The van der Waals surface area contributed by atoms with Gasteiger partial charge in [-0.15, -0.1) is 0 Å². The third-order valence-electron chi connectivity index (χ3n) is 7.50. The first-order valence-corrected chi connectivity index (χ1v) is 12.9. The van der Waals surface area contributed by atoms with E-state index in [-0.39, 0.29) is 5.69 Å². The second-order valence-electron chi connectivity index (χ2n) is 10.0. The molecule has 2 atom stereocenters. The van der Waals surface area contributed by atoms with Gasteiger partial charge >= 0.3 is 0 Å². The largest absolute Gasteiger partial charge is 0.366 e. The molecule has 6 rings (SSSR count). The quantitative estimate of drug-likeness (QED) is 0.308. The molecule has 190 valence electrons. The summed E-state index contributed by atoms with van der Waals surface area (Å²) in [5.41, 5.74) is 2.73. The van der Waals surface area contributed by atoms with Crippen molar-refractivity contribution in [2.24, 2.45) is 5.92 Å². The Morgan fingerprint density at radius 3 is 2.73 bits per heavy atom. The third-order valence-corrected chi connectivity index (χ3v) is 7.50. The molecule has 0 radical (unpaired) electrons. The van der Waals surface area contributed by atoms with Crippen LogP contribution >= 0.6 is 0 Å². The van der Waals surface area contributed by atoms with Crippen LogP contribution in [0.1, 0.15) is 44.1 Å². The first-order valence-electron chi connectivity index (χ1n) is 12.9. The Labute approximate surface area is 214 Å². The molecule has 7 nitrogen and oxygen atoms in total. The number of aromatic nitrogens is 4. The van der Waals surface area contributed by atoms with Crippen LogP contribution in [-0.2, 0) is 0 Å². The van der Waals surface area contributed by atoms with E-state index in [1.165, 1.54) is 12.0 Å². The number of nitrogens with one attached hydrogen (secondary N) is 3. The van der Waals surface area contributed by atoms with Gasteiger partial charge in [-0.1, -0.05) is 13.3 Å². The molecule has 0 bridgehead atoms. The Bertz CT molecular complexity index is 1440. The molecule has 0 amide bonds. The van der Waals surface area contributed by atoms with Crippen LogP contribution in [0.5, 0.6) is 0 Å². The molecule has 0 spiro atoms. The zero-order valence-electron chi connectivity index (χ0n) is 20.6. The molecule has 9 heteroatoms. The molecule has 3 aromatic heterocycles. The number of pyridine rings is 2. The molecule has 1 saturated carbocycles. The number of hydrogen-bond donors (Lipinski definition) is 3. The summed E-state index contributed by atoms with van der Waals surface area (Å²) in [6.07, 6.45) is 9.91. The van der Waals surface area contributed by atoms with Crippen molar-refractivity contribution in [3.63, 3.8) is 0 Å². The van der Waals surface area contributed by atoms with Crippen molar-refractivity contribution >= 4 is 28.2 Å². The van der Waals surface area contributed by atoms with Gasteiger partial charge in [-0.3, -0.25) is 4.98 Å². The van der Waals surface area contributed by atoms with Gasteiger partial charge in [0.25, 0.3) is 0 Å². The molecule has 1 aliphatic carbocycles. The maximum Gasteiger partial charge on any atom is 0.162 e. The van der Waals surface area contributed by atoms with Crippen LogP contribution in [0.2, 0.25) is 0 Å². The van der Waals surface area contributed by atoms with Crippen LogP contribution in [-0.4, -0.2) is 39.1 Å². The highest BCUT2D eigenvalue weighted by Gasteiger charge is 2.27. The van der Waals surface area contributed by atoms with E-state index in [2.05, 4.69) is 32.8 Å². The van der Waals surface area contributed by atoms with Gasteiger partial charge in [-0.2, -0.15) is 0 Å². The molecule has 37 heavy (non-hydrogen) atoms. The summed E-state index contributed by atoms with van der Waals surface area (Å²) >= 11 is 0. The van der Waals surface area contributed by atoms with E-state index in [0.29, 0.717) is 35.1 Å². The van der Waals surface area contributed by atoms with Gasteiger partial charge in [-0.05, 0) is 74.0 Å². The van der Waals surface area contributed by atoms with Crippen molar-refractivity contribution in [1.29, 1.82) is 0 Å². The Morgan fingerprint density at radius 2 is 1.92 bits per heavy atom. The molecule has 4 heterocycles. The average molecular weight is 502 g/mol. The molecular formula is C28H29F2N7. The summed E-state index contributed by atoms with van der Waals surface area (Å²) < 4.78 is 27.9. The second-order valence-corrected chi connectivity index (χ2v) is 10.0. The average Bonchev–Trinajstić information content (AvgIpc) is 2.87. The smallest absolute Gasteiger partial charge is 0.162 e. The second kappa shape index (κ2) is 9.97. The highest BCUT2D eigenvalue weighted by molar-refractivity contribution is 5.93. The topological polar surface area (TPSA) is 87.7 Å². The van der Waals surface area contributed by atoms with E-state index >= 15 is 0 Å². The number of halogens is 2. The molecule has 1 saturated heterocycles. The van der Waals surface area contributed by atoms with Crippen molar-refractivity contribution in [3.8, 4) is 11.4 Å². The van der Waals surface area contributed by atoms with Gasteiger partial charge in [0, 0.05) is 35.5 Å². The van der Waals surface area contributed by atoms with Crippen LogP contribution in [0.15, 0.2) is 48.9 Å². The Hall–Kier alpha value is -3.72. The first-order chi connectivity index (χ1) is 18.0. The third kappa shape index (κ3) is 4.83. The maximum absolute atomic E-state index is 14.2. The predicted octanol–water partition coefficient (Wildman–Crippen LogP) is 5.79. The number of fused-ring (bicyclic) bond motifs is 1. The lowest BCUT2D eigenvalue weighted by Crippen LogP contribution is -2.42. The lowest BCUT2D eigenvalue weighted by molar-refractivity contribution is 0.368. The van der Waals surface area contributed by atoms with Crippen LogP contribution < -0.4 is 16.0 Å². The minimum absolute atomic E-state index is 0.0145. The Balaban J connectivity index is 1.41. The monoisotopic (exact) mass is 501 g/mol. The first kappa shape index (κ1) is 23.7. The van der Waals surface area contributed by atoms with Crippen LogP contribution in [0, 0.1) is 17.6 Å². The van der Waals surface area contributed by atoms with Crippen LogP contribution in [0.25, 0.3) is 22.3 Å². The number of rotatable bonds is 6. The molecule has 0 unspecified atom stereocenters. The standard InChI is InChI=1S/C28H29F2N7/c1-16-13-31-9-8-22(16)35-28-26-20(17-3-2-4-17)14-32-15-24(26)36-27(37-28)18-7-10-33-25(11-18)34-23-12-19(29)5-6-21(23)30/h5-7,10-12,14-17,22,31H,2-4,8-9,13H2,1H3,(H,33,34)(H,35,36,37)/t16-,22-/m1/s1. The van der Waals surface area contributed by atoms with Crippen molar-refractivity contribution in [2.45, 2.75) is 44.6 Å². The van der Waals surface area contributed by atoms with Crippen LogP contribution in [0.4, 0.5) is 26.1 Å². The van der Waals surface area contributed by atoms with Gasteiger partial charge in [0.1, 0.15) is 23.3 Å². The summed E-state index contributed by atoms with van der Waals surface area (Å²) in [5.74, 6) is 1.56.